The predicted molar refractivity (Wildman–Crippen MR) is 59.8 cm³/mol. The highest BCUT2D eigenvalue weighted by Crippen LogP contribution is 2.17. The molecule has 0 bridgehead atoms. The van der Waals surface area contributed by atoms with Crippen LogP contribution in [0.4, 0.5) is 4.79 Å². The lowest BCUT2D eigenvalue weighted by molar-refractivity contribution is -0.152. The molecule has 1 heterocycles. The number of carboxylic acid groups (broad SMARTS) is 1. The minimum absolute atomic E-state index is 0.00422. The minimum atomic E-state index is -1.08. The maximum absolute atomic E-state index is 11.9. The van der Waals surface area contributed by atoms with Crippen molar-refractivity contribution in [3.05, 3.63) is 0 Å². The Kier molecular flexibility index (Phi) is 3.98. The van der Waals surface area contributed by atoms with Crippen LogP contribution in [0.2, 0.25) is 0 Å². The molecule has 1 aliphatic rings. The fraction of sp³-hybridized carbons (Fsp3) is 0.818. The molecule has 6 heteroatoms. The molecule has 1 aliphatic heterocycles. The van der Waals surface area contributed by atoms with Crippen LogP contribution in [-0.2, 0) is 14.3 Å². The van der Waals surface area contributed by atoms with Crippen LogP contribution >= 0.6 is 0 Å². The van der Waals surface area contributed by atoms with Gasteiger partial charge in [-0.25, -0.2) is 9.59 Å². The molecule has 0 saturated carbocycles. The number of hydrogen-bond acceptors (Lipinski definition) is 4. The quantitative estimate of drug-likeness (QED) is 0.748. The van der Waals surface area contributed by atoms with E-state index < -0.39 is 23.7 Å². The van der Waals surface area contributed by atoms with Gasteiger partial charge in [0, 0.05) is 0 Å². The van der Waals surface area contributed by atoms with Gasteiger partial charge < -0.3 is 14.6 Å². The number of morpholine rings is 1. The first kappa shape index (κ1) is 13.8. The van der Waals surface area contributed by atoms with E-state index in [9.17, 15) is 9.59 Å². The summed E-state index contributed by atoms with van der Waals surface area (Å²) in [6.45, 7) is 7.23. The molecule has 0 aromatic carbocycles. The van der Waals surface area contributed by atoms with Gasteiger partial charge in [-0.05, 0) is 27.7 Å². The zero-order chi connectivity index (χ0) is 13.2. The summed E-state index contributed by atoms with van der Waals surface area (Å²) in [5, 5.41) is 9.01. The van der Waals surface area contributed by atoms with Crippen LogP contribution in [-0.4, -0.2) is 53.0 Å². The number of hydrogen-bond donors (Lipinski definition) is 1. The Hall–Kier alpha value is -1.30. The Labute approximate surface area is 100 Å². The first-order valence-electron chi connectivity index (χ1n) is 5.55. The molecule has 98 valence electrons. The second-order valence-corrected chi connectivity index (χ2v) is 5.13. The minimum Gasteiger partial charge on any atom is -0.480 e. The predicted octanol–water partition coefficient (Wildman–Crippen LogP) is 1.10. The Bertz CT molecular complexity index is 309. The lowest BCUT2D eigenvalue weighted by atomic mass is 10.2. The zero-order valence-corrected chi connectivity index (χ0v) is 10.6. The molecule has 1 rings (SSSR count). The van der Waals surface area contributed by atoms with Crippen molar-refractivity contribution in [3.8, 4) is 0 Å². The average Bonchev–Trinajstić information content (AvgIpc) is 2.14. The molecule has 6 nitrogen and oxygen atoms in total. The van der Waals surface area contributed by atoms with Crippen molar-refractivity contribution in [1.29, 1.82) is 0 Å². The van der Waals surface area contributed by atoms with Gasteiger partial charge in [-0.2, -0.15) is 0 Å². The number of carboxylic acids is 1. The highest BCUT2D eigenvalue weighted by atomic mass is 16.6. The van der Waals surface area contributed by atoms with Crippen molar-refractivity contribution in [2.24, 2.45) is 0 Å². The van der Waals surface area contributed by atoms with Gasteiger partial charge in [0.05, 0.1) is 19.3 Å². The van der Waals surface area contributed by atoms with E-state index in [0.29, 0.717) is 0 Å². The summed E-state index contributed by atoms with van der Waals surface area (Å²) >= 11 is 0. The lowest BCUT2D eigenvalue weighted by Crippen LogP contribution is -2.56. The zero-order valence-electron chi connectivity index (χ0n) is 10.6. The number of ether oxygens (including phenoxy) is 2. The van der Waals surface area contributed by atoms with E-state index in [-0.39, 0.29) is 19.3 Å². The van der Waals surface area contributed by atoms with Gasteiger partial charge in [0.25, 0.3) is 0 Å². The van der Waals surface area contributed by atoms with Crippen molar-refractivity contribution in [3.63, 3.8) is 0 Å². The van der Waals surface area contributed by atoms with Crippen LogP contribution in [0.3, 0.4) is 0 Å². The van der Waals surface area contributed by atoms with Crippen molar-refractivity contribution in [2.75, 3.05) is 13.2 Å². The smallest absolute Gasteiger partial charge is 0.411 e. The summed E-state index contributed by atoms with van der Waals surface area (Å²) in [5.74, 6) is -1.08. The number of rotatable bonds is 1. The number of nitrogens with zero attached hydrogens (tertiary/aromatic N) is 1. The SMILES string of the molecule is C[C@@H]1CN(C(=O)OC(C)(C)C)[C@H](C(=O)O)CO1. The third-order valence-corrected chi connectivity index (χ3v) is 2.28. The number of carbonyl (C=O) groups excluding carboxylic acids is 1. The molecule has 0 aromatic rings. The summed E-state index contributed by atoms with van der Waals surface area (Å²) in [6, 6.07) is -0.971. The van der Waals surface area contributed by atoms with Crippen LogP contribution in [0.5, 0.6) is 0 Å². The van der Waals surface area contributed by atoms with Crippen molar-refractivity contribution in [2.45, 2.75) is 45.4 Å². The third-order valence-electron chi connectivity index (χ3n) is 2.28. The summed E-state index contributed by atoms with van der Waals surface area (Å²) < 4.78 is 10.4. The van der Waals surface area contributed by atoms with Gasteiger partial charge in [-0.1, -0.05) is 0 Å². The first-order valence-corrected chi connectivity index (χ1v) is 5.55. The Morgan fingerprint density at radius 2 is 2.00 bits per heavy atom. The van der Waals surface area contributed by atoms with E-state index in [4.69, 9.17) is 14.6 Å². The van der Waals surface area contributed by atoms with E-state index in [0.717, 1.165) is 0 Å². The molecule has 1 saturated heterocycles. The summed E-state index contributed by atoms with van der Waals surface area (Å²) in [6.07, 6.45) is -0.793. The number of amides is 1. The average molecular weight is 245 g/mol. The number of aliphatic carboxylic acids is 1. The van der Waals surface area contributed by atoms with Crippen LogP contribution in [0.25, 0.3) is 0 Å². The van der Waals surface area contributed by atoms with Crippen LogP contribution in [0, 0.1) is 0 Å². The molecule has 0 radical (unpaired) electrons. The molecule has 2 atom stereocenters. The molecular formula is C11H19NO5. The van der Waals surface area contributed by atoms with Gasteiger partial charge in [0.15, 0.2) is 6.04 Å². The molecule has 0 unspecified atom stereocenters. The van der Waals surface area contributed by atoms with Gasteiger partial charge in [-0.3, -0.25) is 4.90 Å². The van der Waals surface area contributed by atoms with E-state index in [2.05, 4.69) is 0 Å². The molecule has 0 aromatic heterocycles. The second kappa shape index (κ2) is 4.91. The molecule has 1 N–H and O–H groups in total. The molecular weight excluding hydrogens is 226 g/mol. The van der Waals surface area contributed by atoms with Gasteiger partial charge >= 0.3 is 12.1 Å². The maximum Gasteiger partial charge on any atom is 0.411 e. The summed E-state index contributed by atoms with van der Waals surface area (Å²) in [7, 11) is 0. The monoisotopic (exact) mass is 245 g/mol. The van der Waals surface area contributed by atoms with Crippen molar-refractivity contribution in [1.82, 2.24) is 4.90 Å². The largest absolute Gasteiger partial charge is 0.480 e. The Morgan fingerprint density at radius 1 is 1.41 bits per heavy atom. The van der Waals surface area contributed by atoms with Crippen molar-refractivity contribution < 1.29 is 24.2 Å². The Balaban J connectivity index is 2.75. The van der Waals surface area contributed by atoms with Crippen LogP contribution < -0.4 is 0 Å². The molecule has 17 heavy (non-hydrogen) atoms. The standard InChI is InChI=1S/C11H19NO5/c1-7-5-12(8(6-16-7)9(13)14)10(15)17-11(2,3)4/h7-8H,5-6H2,1-4H3,(H,13,14)/t7-,8+/m1/s1. The highest BCUT2D eigenvalue weighted by Gasteiger charge is 2.37. The van der Waals surface area contributed by atoms with Crippen molar-refractivity contribution >= 4 is 12.1 Å². The third kappa shape index (κ3) is 3.89. The maximum atomic E-state index is 11.9. The highest BCUT2D eigenvalue weighted by molar-refractivity contribution is 5.80. The van der Waals surface area contributed by atoms with E-state index >= 15 is 0 Å². The topological polar surface area (TPSA) is 76.1 Å². The summed E-state index contributed by atoms with van der Waals surface area (Å²) in [5.41, 5.74) is -0.637. The van der Waals surface area contributed by atoms with E-state index in [1.54, 1.807) is 27.7 Å². The summed E-state index contributed by atoms with van der Waals surface area (Å²) in [4.78, 5) is 24.1. The fourth-order valence-electron chi connectivity index (χ4n) is 1.53. The van der Waals surface area contributed by atoms with Crippen LogP contribution in [0.15, 0.2) is 0 Å². The van der Waals surface area contributed by atoms with Crippen LogP contribution in [0.1, 0.15) is 27.7 Å². The second-order valence-electron chi connectivity index (χ2n) is 5.13. The molecule has 0 aliphatic carbocycles. The molecule has 1 amide bonds. The Morgan fingerprint density at radius 3 is 2.47 bits per heavy atom. The van der Waals surface area contributed by atoms with E-state index in [1.165, 1.54) is 4.90 Å². The number of carbonyl (C=O) groups is 2. The van der Waals surface area contributed by atoms with Gasteiger partial charge in [0.1, 0.15) is 5.60 Å². The lowest BCUT2D eigenvalue weighted by Gasteiger charge is -2.37. The first-order chi connectivity index (χ1) is 7.70. The van der Waals surface area contributed by atoms with E-state index in [1.807, 2.05) is 0 Å². The normalized spacial score (nSPS) is 25.5. The van der Waals surface area contributed by atoms with Gasteiger partial charge in [-0.15, -0.1) is 0 Å². The molecule has 1 fully saturated rings. The van der Waals surface area contributed by atoms with Gasteiger partial charge in [0.2, 0.25) is 0 Å². The molecule has 0 spiro atoms. The fourth-order valence-corrected chi connectivity index (χ4v) is 1.53.